The first-order chi connectivity index (χ1) is 14.6. The van der Waals surface area contributed by atoms with Gasteiger partial charge < -0.3 is 10.0 Å². The summed E-state index contributed by atoms with van der Waals surface area (Å²) < 4.78 is 0. The van der Waals surface area contributed by atoms with Gasteiger partial charge in [0.25, 0.3) is 5.69 Å². The first-order valence-electron chi connectivity index (χ1n) is 10.2. The van der Waals surface area contributed by atoms with E-state index in [1.54, 1.807) is 17.0 Å². The fourth-order valence-electron chi connectivity index (χ4n) is 4.05. The Bertz CT molecular complexity index is 1150. The molecule has 3 aromatic carbocycles. The number of carbonyl (C=O) groups is 1. The summed E-state index contributed by atoms with van der Waals surface area (Å²) >= 11 is 0. The molecule has 0 aliphatic carbocycles. The van der Waals surface area contributed by atoms with Gasteiger partial charge >= 0.3 is 35.5 Å². The minimum atomic E-state index is -0.925. The zero-order valence-electron chi connectivity index (χ0n) is 17.7. The van der Waals surface area contributed by atoms with E-state index in [4.69, 9.17) is 0 Å². The van der Waals surface area contributed by atoms with Gasteiger partial charge in [-0.15, -0.1) is 0 Å². The number of carboxylic acid groups (broad SMARTS) is 1. The standard InChI is InChI=1S/C25H24N2O4.Na.H/c1-25(2,3)19-7-4-16(5-8-19)17-6-13-22-18(14-17)15-23(24(28)29)26(22)20-9-11-21(12-10-20)27(30)31;;/h4-14,23H,15H2,1-3H3,(H,28,29);;. The van der Waals surface area contributed by atoms with Crippen LogP contribution in [0.5, 0.6) is 0 Å². The van der Waals surface area contributed by atoms with Crippen molar-refractivity contribution >= 4 is 52.6 Å². The van der Waals surface area contributed by atoms with E-state index in [0.29, 0.717) is 12.1 Å². The Kier molecular flexibility index (Phi) is 6.79. The fourth-order valence-corrected chi connectivity index (χ4v) is 4.05. The van der Waals surface area contributed by atoms with E-state index in [1.165, 1.54) is 17.7 Å². The normalized spacial score (nSPS) is 15.1. The average Bonchev–Trinajstić information content (AvgIpc) is 3.12. The van der Waals surface area contributed by atoms with E-state index in [9.17, 15) is 20.0 Å². The zero-order chi connectivity index (χ0) is 22.3. The number of non-ortho nitro benzene ring substituents is 1. The predicted octanol–water partition coefficient (Wildman–Crippen LogP) is 5.06. The molecular formula is C25H25N2NaO4. The molecule has 160 valence electrons. The first kappa shape index (κ1) is 24.0. The van der Waals surface area contributed by atoms with Crippen LogP contribution in [-0.4, -0.2) is 51.6 Å². The number of nitrogens with zero attached hydrogens (tertiary/aromatic N) is 2. The Morgan fingerprint density at radius 3 is 2.12 bits per heavy atom. The van der Waals surface area contributed by atoms with Crippen LogP contribution in [-0.2, 0) is 16.6 Å². The molecule has 4 rings (SSSR count). The number of rotatable bonds is 4. The summed E-state index contributed by atoms with van der Waals surface area (Å²) in [6.07, 6.45) is 0.371. The number of aliphatic carboxylic acids is 1. The van der Waals surface area contributed by atoms with Gasteiger partial charge in [0.2, 0.25) is 0 Å². The van der Waals surface area contributed by atoms with Gasteiger partial charge in [0.15, 0.2) is 0 Å². The van der Waals surface area contributed by atoms with Crippen molar-refractivity contribution in [2.24, 2.45) is 0 Å². The first-order valence-corrected chi connectivity index (χ1v) is 10.2. The van der Waals surface area contributed by atoms with Gasteiger partial charge in [-0.25, -0.2) is 4.79 Å². The van der Waals surface area contributed by atoms with E-state index < -0.39 is 16.9 Å². The quantitative estimate of drug-likeness (QED) is 0.348. The molecule has 6 nitrogen and oxygen atoms in total. The molecule has 0 saturated carbocycles. The van der Waals surface area contributed by atoms with Crippen molar-refractivity contribution in [3.63, 3.8) is 0 Å². The van der Waals surface area contributed by atoms with Crippen LogP contribution in [0.1, 0.15) is 31.9 Å². The second-order valence-corrected chi connectivity index (χ2v) is 8.87. The Morgan fingerprint density at radius 2 is 1.59 bits per heavy atom. The molecule has 0 fully saturated rings. The Morgan fingerprint density at radius 1 is 1.00 bits per heavy atom. The van der Waals surface area contributed by atoms with Crippen molar-refractivity contribution in [3.8, 4) is 11.1 Å². The molecule has 1 aliphatic rings. The molecule has 0 aromatic heterocycles. The van der Waals surface area contributed by atoms with E-state index in [-0.39, 0.29) is 40.7 Å². The SMILES string of the molecule is CC(C)(C)c1ccc(-c2ccc3c(c2)CC(C(=O)O)N3c2ccc([N+](=O)[O-])cc2)cc1.[NaH]. The van der Waals surface area contributed by atoms with Gasteiger partial charge in [0.1, 0.15) is 6.04 Å². The number of hydrogen-bond acceptors (Lipinski definition) is 4. The Labute approximate surface area is 209 Å². The molecule has 32 heavy (non-hydrogen) atoms. The number of benzene rings is 3. The van der Waals surface area contributed by atoms with Gasteiger partial charge in [-0.3, -0.25) is 10.1 Å². The van der Waals surface area contributed by atoms with Gasteiger partial charge in [-0.05, 0) is 51.9 Å². The molecule has 1 unspecified atom stereocenters. The molecule has 7 heteroatoms. The minimum absolute atomic E-state index is 0. The summed E-state index contributed by atoms with van der Waals surface area (Å²) in [5.41, 5.74) is 5.82. The number of carboxylic acids is 1. The molecule has 1 aliphatic heterocycles. The molecule has 0 saturated heterocycles. The number of hydrogen-bond donors (Lipinski definition) is 1. The third-order valence-corrected chi connectivity index (χ3v) is 5.77. The second kappa shape index (κ2) is 9.06. The topological polar surface area (TPSA) is 83.7 Å². The van der Waals surface area contributed by atoms with E-state index in [0.717, 1.165) is 22.4 Å². The molecular weight excluding hydrogens is 415 g/mol. The van der Waals surface area contributed by atoms with Crippen LogP contribution in [0.25, 0.3) is 11.1 Å². The van der Waals surface area contributed by atoms with Crippen LogP contribution in [0.3, 0.4) is 0 Å². The van der Waals surface area contributed by atoms with Crippen LogP contribution in [0.15, 0.2) is 66.7 Å². The molecule has 0 radical (unpaired) electrons. The number of nitro groups is 1. The van der Waals surface area contributed by atoms with Crippen LogP contribution in [0.2, 0.25) is 0 Å². The van der Waals surface area contributed by atoms with Crippen molar-refractivity contribution in [3.05, 3.63) is 88.0 Å². The summed E-state index contributed by atoms with van der Waals surface area (Å²) in [4.78, 5) is 24.2. The third-order valence-electron chi connectivity index (χ3n) is 5.77. The third kappa shape index (κ3) is 4.58. The number of anilines is 2. The maximum atomic E-state index is 12.0. The second-order valence-electron chi connectivity index (χ2n) is 8.87. The van der Waals surface area contributed by atoms with Gasteiger partial charge in [0, 0.05) is 29.9 Å². The Hall–Kier alpha value is -2.67. The summed E-state index contributed by atoms with van der Waals surface area (Å²) in [6, 6.07) is 19.7. The van der Waals surface area contributed by atoms with E-state index in [1.807, 2.05) is 18.2 Å². The zero-order valence-corrected chi connectivity index (χ0v) is 17.7. The Balaban J connectivity index is 0.00000289. The molecule has 0 spiro atoms. The molecule has 0 amide bonds. The molecule has 1 atom stereocenters. The van der Waals surface area contributed by atoms with Gasteiger partial charge in [0.05, 0.1) is 4.92 Å². The predicted molar refractivity (Wildman–Crippen MR) is 128 cm³/mol. The van der Waals surface area contributed by atoms with Crippen molar-refractivity contribution in [1.82, 2.24) is 0 Å². The summed E-state index contributed by atoms with van der Waals surface area (Å²) in [5, 5.41) is 20.8. The van der Waals surface area contributed by atoms with Crippen molar-refractivity contribution in [2.75, 3.05) is 4.90 Å². The van der Waals surface area contributed by atoms with E-state index >= 15 is 0 Å². The van der Waals surface area contributed by atoms with Crippen LogP contribution in [0.4, 0.5) is 17.1 Å². The molecule has 3 aromatic rings. The monoisotopic (exact) mass is 440 g/mol. The van der Waals surface area contributed by atoms with Gasteiger partial charge in [-0.2, -0.15) is 0 Å². The maximum absolute atomic E-state index is 12.0. The number of nitro benzene ring substituents is 1. The number of fused-ring (bicyclic) bond motifs is 1. The molecule has 1 heterocycles. The van der Waals surface area contributed by atoms with Crippen molar-refractivity contribution in [1.29, 1.82) is 0 Å². The summed E-state index contributed by atoms with van der Waals surface area (Å²) in [6.45, 7) is 6.53. The molecule has 0 bridgehead atoms. The van der Waals surface area contributed by atoms with Gasteiger partial charge in [-0.1, -0.05) is 51.1 Å². The fraction of sp³-hybridized carbons (Fsp3) is 0.240. The van der Waals surface area contributed by atoms with Crippen molar-refractivity contribution in [2.45, 2.75) is 38.6 Å². The van der Waals surface area contributed by atoms with Crippen molar-refractivity contribution < 1.29 is 14.8 Å². The van der Waals surface area contributed by atoms with Crippen LogP contribution >= 0.6 is 0 Å². The summed E-state index contributed by atoms with van der Waals surface area (Å²) in [5.74, 6) is -0.925. The average molecular weight is 440 g/mol. The van der Waals surface area contributed by atoms with Crippen LogP contribution in [0, 0.1) is 10.1 Å². The van der Waals surface area contributed by atoms with Crippen LogP contribution < -0.4 is 4.90 Å². The molecule has 1 N–H and O–H groups in total. The van der Waals surface area contributed by atoms with E-state index in [2.05, 4.69) is 45.0 Å². The summed E-state index contributed by atoms with van der Waals surface area (Å²) in [7, 11) is 0.